The van der Waals surface area contributed by atoms with Crippen LogP contribution in [-0.4, -0.2) is 22.0 Å². The van der Waals surface area contributed by atoms with E-state index < -0.39 is 5.97 Å². The van der Waals surface area contributed by atoms with Crippen molar-refractivity contribution in [1.29, 1.82) is 0 Å². The van der Waals surface area contributed by atoms with Gasteiger partial charge in [0.25, 0.3) is 0 Å². The maximum Gasteiger partial charge on any atom is 0.400 e. The van der Waals surface area contributed by atoms with Gasteiger partial charge in [-0.25, -0.2) is 4.79 Å². The molecule has 0 N–H and O–H groups in total. The van der Waals surface area contributed by atoms with Gasteiger partial charge in [0.1, 0.15) is 5.15 Å². The molecule has 6 nitrogen and oxygen atoms in total. The third kappa shape index (κ3) is 2.43. The highest BCUT2D eigenvalue weighted by atomic mass is 35.5. The smallest absolute Gasteiger partial charge is 0.400 e. The van der Waals surface area contributed by atoms with Crippen molar-refractivity contribution in [3.8, 4) is 0 Å². The van der Waals surface area contributed by atoms with Crippen LogP contribution in [0.4, 0.5) is 0 Å². The summed E-state index contributed by atoms with van der Waals surface area (Å²) >= 11 is 5.98. The van der Waals surface area contributed by atoms with Gasteiger partial charge < -0.3 is 9.25 Å². The number of aromatic nitrogens is 2. The fourth-order valence-corrected chi connectivity index (χ4v) is 1.58. The van der Waals surface area contributed by atoms with E-state index in [0.29, 0.717) is 16.4 Å². The van der Waals surface area contributed by atoms with E-state index in [9.17, 15) is 4.79 Å². The predicted molar refractivity (Wildman–Crippen MR) is 64.7 cm³/mol. The minimum atomic E-state index is -0.672. The first-order chi connectivity index (χ1) is 8.59. The minimum absolute atomic E-state index is 0.0844. The number of hydrogen-bond acceptors (Lipinski definition) is 5. The number of aryl methyl sites for hydroxylation is 2. The Morgan fingerprint density at radius 1 is 1.67 bits per heavy atom. The molecule has 0 aliphatic heterocycles. The topological polar surface area (TPSA) is 69.6 Å². The first kappa shape index (κ1) is 12.4. The van der Waals surface area contributed by atoms with E-state index in [-0.39, 0.29) is 5.76 Å². The number of halogens is 1. The quantitative estimate of drug-likeness (QED) is 0.485. The first-order valence-electron chi connectivity index (χ1n) is 5.07. The molecule has 0 bridgehead atoms. The van der Waals surface area contributed by atoms with E-state index in [2.05, 4.69) is 15.1 Å². The van der Waals surface area contributed by atoms with Gasteiger partial charge in [-0.2, -0.15) is 5.10 Å². The molecule has 0 saturated heterocycles. The van der Waals surface area contributed by atoms with Crippen molar-refractivity contribution in [2.75, 3.05) is 0 Å². The molecule has 2 aromatic rings. The Morgan fingerprint density at radius 3 is 3.00 bits per heavy atom. The first-order valence-corrected chi connectivity index (χ1v) is 5.44. The zero-order valence-electron chi connectivity index (χ0n) is 9.75. The number of rotatable bonds is 3. The van der Waals surface area contributed by atoms with Gasteiger partial charge >= 0.3 is 5.97 Å². The van der Waals surface area contributed by atoms with Gasteiger partial charge in [-0.1, -0.05) is 16.8 Å². The van der Waals surface area contributed by atoms with Crippen molar-refractivity contribution in [2.24, 2.45) is 12.2 Å². The molecule has 0 spiro atoms. The summed E-state index contributed by atoms with van der Waals surface area (Å²) in [5, 5.41) is 8.07. The number of nitrogens with zero attached hydrogens (tertiary/aromatic N) is 3. The molecule has 0 saturated carbocycles. The Kier molecular flexibility index (Phi) is 3.47. The Bertz CT molecular complexity index is 587. The van der Waals surface area contributed by atoms with Gasteiger partial charge in [0, 0.05) is 7.05 Å². The number of carbonyl (C=O) groups is 1. The van der Waals surface area contributed by atoms with Crippen molar-refractivity contribution in [2.45, 2.75) is 6.92 Å². The summed E-state index contributed by atoms with van der Waals surface area (Å²) in [7, 11) is 1.71. The summed E-state index contributed by atoms with van der Waals surface area (Å²) in [6, 6.07) is 3.07. The molecule has 0 aliphatic carbocycles. The number of furan rings is 1. The number of carbonyl (C=O) groups excluding carboxylic acids is 1. The lowest BCUT2D eigenvalue weighted by Crippen LogP contribution is -1.99. The molecule has 2 heterocycles. The molecular formula is C11H10ClN3O3. The Labute approximate surface area is 108 Å². The summed E-state index contributed by atoms with van der Waals surface area (Å²) in [5.41, 5.74) is 1.30. The van der Waals surface area contributed by atoms with E-state index in [0.717, 1.165) is 0 Å². The second-order valence-corrected chi connectivity index (χ2v) is 3.86. The van der Waals surface area contributed by atoms with Crippen LogP contribution in [0.5, 0.6) is 0 Å². The Hall–Kier alpha value is -2.08. The van der Waals surface area contributed by atoms with Gasteiger partial charge in [0.15, 0.2) is 0 Å². The zero-order valence-corrected chi connectivity index (χ0v) is 10.5. The highest BCUT2D eigenvalue weighted by molar-refractivity contribution is 6.32. The van der Waals surface area contributed by atoms with Crippen LogP contribution in [0.3, 0.4) is 0 Å². The van der Waals surface area contributed by atoms with E-state index in [4.69, 9.17) is 16.0 Å². The maximum atomic E-state index is 11.4. The second-order valence-electron chi connectivity index (χ2n) is 3.50. The van der Waals surface area contributed by atoms with Crippen molar-refractivity contribution in [3.05, 3.63) is 40.6 Å². The van der Waals surface area contributed by atoms with Crippen LogP contribution in [0, 0.1) is 6.92 Å². The van der Waals surface area contributed by atoms with Crippen LogP contribution in [0.15, 0.2) is 28.0 Å². The molecule has 2 rings (SSSR count). The lowest BCUT2D eigenvalue weighted by molar-refractivity contribution is 0.0483. The molecular weight excluding hydrogens is 258 g/mol. The number of hydrogen-bond donors (Lipinski definition) is 0. The summed E-state index contributed by atoms with van der Waals surface area (Å²) in [6.45, 7) is 1.78. The third-order valence-electron chi connectivity index (χ3n) is 2.24. The zero-order chi connectivity index (χ0) is 13.1. The molecule has 18 heavy (non-hydrogen) atoms. The summed E-state index contributed by atoms with van der Waals surface area (Å²) < 4.78 is 6.37. The Balaban J connectivity index is 2.06. The van der Waals surface area contributed by atoms with Gasteiger partial charge in [-0.05, 0) is 19.1 Å². The third-order valence-corrected chi connectivity index (χ3v) is 2.68. The molecule has 0 aromatic carbocycles. The van der Waals surface area contributed by atoms with Crippen LogP contribution in [0.2, 0.25) is 5.15 Å². The molecule has 0 atom stereocenters. The molecule has 2 aromatic heterocycles. The number of oxime groups is 1. The van der Waals surface area contributed by atoms with Gasteiger partial charge in [0.05, 0.1) is 23.7 Å². The highest BCUT2D eigenvalue weighted by Crippen LogP contribution is 2.16. The predicted octanol–water partition coefficient (Wildman–Crippen LogP) is 2.17. The maximum absolute atomic E-state index is 11.4. The van der Waals surface area contributed by atoms with Gasteiger partial charge in [-0.15, -0.1) is 0 Å². The molecule has 94 valence electrons. The van der Waals surface area contributed by atoms with Crippen LogP contribution in [0.1, 0.15) is 21.8 Å². The van der Waals surface area contributed by atoms with Crippen LogP contribution in [-0.2, 0) is 11.9 Å². The van der Waals surface area contributed by atoms with E-state index >= 15 is 0 Å². The molecule has 0 radical (unpaired) electrons. The van der Waals surface area contributed by atoms with E-state index in [1.165, 1.54) is 23.2 Å². The SMILES string of the molecule is Cc1nn(C)c(Cl)c1/C=N\OC(=O)c1ccco1. The summed E-state index contributed by atoms with van der Waals surface area (Å²) in [5.74, 6) is -0.588. The van der Waals surface area contributed by atoms with Crippen LogP contribution < -0.4 is 0 Å². The molecule has 0 amide bonds. The molecule has 0 unspecified atom stereocenters. The van der Waals surface area contributed by atoms with E-state index in [1.54, 1.807) is 20.0 Å². The Morgan fingerprint density at radius 2 is 2.44 bits per heavy atom. The summed E-state index contributed by atoms with van der Waals surface area (Å²) in [4.78, 5) is 16.0. The van der Waals surface area contributed by atoms with Crippen molar-refractivity contribution >= 4 is 23.8 Å². The lowest BCUT2D eigenvalue weighted by atomic mass is 10.3. The van der Waals surface area contributed by atoms with Crippen LogP contribution in [0.25, 0.3) is 0 Å². The van der Waals surface area contributed by atoms with Crippen molar-refractivity contribution < 1.29 is 14.0 Å². The van der Waals surface area contributed by atoms with Crippen molar-refractivity contribution in [3.63, 3.8) is 0 Å². The fourth-order valence-electron chi connectivity index (χ4n) is 1.36. The lowest BCUT2D eigenvalue weighted by Gasteiger charge is -1.93. The molecule has 0 aliphatic rings. The van der Waals surface area contributed by atoms with E-state index in [1.807, 2.05) is 0 Å². The average molecular weight is 268 g/mol. The van der Waals surface area contributed by atoms with Gasteiger partial charge in [-0.3, -0.25) is 4.68 Å². The fraction of sp³-hybridized carbons (Fsp3) is 0.182. The highest BCUT2D eigenvalue weighted by Gasteiger charge is 2.11. The minimum Gasteiger partial charge on any atom is -0.457 e. The summed E-state index contributed by atoms with van der Waals surface area (Å²) in [6.07, 6.45) is 2.72. The molecule has 0 fully saturated rings. The largest absolute Gasteiger partial charge is 0.457 e. The molecule has 7 heteroatoms. The monoisotopic (exact) mass is 267 g/mol. The standard InChI is InChI=1S/C11H10ClN3O3/c1-7-8(10(12)15(2)14-7)6-13-18-11(16)9-4-3-5-17-9/h3-6H,1-2H3/b13-6-. The van der Waals surface area contributed by atoms with Crippen LogP contribution >= 0.6 is 11.6 Å². The second kappa shape index (κ2) is 5.05. The average Bonchev–Trinajstić information content (AvgIpc) is 2.93. The van der Waals surface area contributed by atoms with Crippen molar-refractivity contribution in [1.82, 2.24) is 9.78 Å². The normalized spacial score (nSPS) is 11.1. The van der Waals surface area contributed by atoms with Gasteiger partial charge in [0.2, 0.25) is 5.76 Å².